The van der Waals surface area contributed by atoms with Gasteiger partial charge in [-0.05, 0) is 43.9 Å². The molecule has 1 aromatic carbocycles. The molecule has 2 saturated heterocycles. The molecule has 0 radical (unpaired) electrons. The minimum Gasteiger partial charge on any atom is -0.381 e. The van der Waals surface area contributed by atoms with Gasteiger partial charge in [0.25, 0.3) is 0 Å². The van der Waals surface area contributed by atoms with E-state index in [4.69, 9.17) is 31.3 Å². The van der Waals surface area contributed by atoms with Gasteiger partial charge in [0.1, 0.15) is 10.7 Å². The van der Waals surface area contributed by atoms with Gasteiger partial charge in [-0.3, -0.25) is 4.21 Å². The van der Waals surface area contributed by atoms with Crippen LogP contribution < -0.4 is 10.2 Å². The van der Waals surface area contributed by atoms with Crippen molar-refractivity contribution in [1.29, 1.82) is 0 Å². The van der Waals surface area contributed by atoms with E-state index < -0.39 is 10.8 Å². The zero-order chi connectivity index (χ0) is 22.4. The third-order valence-electron chi connectivity index (χ3n) is 6.73. The molecular formula is C23H26ClN5O2S2. The number of ether oxygens (including phenoxy) is 1. The van der Waals surface area contributed by atoms with Crippen molar-refractivity contribution in [2.24, 2.45) is 0 Å². The summed E-state index contributed by atoms with van der Waals surface area (Å²) >= 11 is 7.91. The fourth-order valence-electron chi connectivity index (χ4n) is 4.88. The number of hydrogen-bond donors (Lipinski definition) is 1. The van der Waals surface area contributed by atoms with Gasteiger partial charge in [-0.25, -0.2) is 9.97 Å². The van der Waals surface area contributed by atoms with Crippen LogP contribution in [0, 0.1) is 0 Å². The van der Waals surface area contributed by atoms with Gasteiger partial charge in [0, 0.05) is 55.5 Å². The monoisotopic (exact) mass is 503 g/mol. The van der Waals surface area contributed by atoms with Gasteiger partial charge < -0.3 is 15.0 Å². The Bertz CT molecular complexity index is 1210. The molecule has 3 aliphatic heterocycles. The van der Waals surface area contributed by atoms with E-state index in [1.54, 1.807) is 11.3 Å². The van der Waals surface area contributed by atoms with E-state index in [2.05, 4.69) is 16.3 Å². The SMILES string of the molecule is O=[S@@]1CCc2nc(N3CCC(c4nc5cc(Cl)ccc5s4)CC3)nc(NC3CCOCC3)c21. The van der Waals surface area contributed by atoms with Crippen molar-refractivity contribution >= 4 is 55.7 Å². The van der Waals surface area contributed by atoms with Crippen LogP contribution in [-0.2, 0) is 22.0 Å². The molecule has 1 atom stereocenters. The average Bonchev–Trinajstić information content (AvgIpc) is 3.43. The van der Waals surface area contributed by atoms with E-state index in [0.29, 0.717) is 17.7 Å². The molecular weight excluding hydrogens is 478 g/mol. The van der Waals surface area contributed by atoms with Gasteiger partial charge in [0.2, 0.25) is 5.95 Å². The van der Waals surface area contributed by atoms with Crippen molar-refractivity contribution in [3.8, 4) is 0 Å². The van der Waals surface area contributed by atoms with E-state index >= 15 is 0 Å². The van der Waals surface area contributed by atoms with Crippen LogP contribution in [0.5, 0.6) is 0 Å². The third-order valence-corrected chi connectivity index (χ3v) is 9.62. The van der Waals surface area contributed by atoms with Gasteiger partial charge in [0.15, 0.2) is 0 Å². The zero-order valence-corrected chi connectivity index (χ0v) is 20.6. The maximum Gasteiger partial charge on any atom is 0.227 e. The molecule has 174 valence electrons. The van der Waals surface area contributed by atoms with Crippen LogP contribution in [0.25, 0.3) is 10.2 Å². The summed E-state index contributed by atoms with van der Waals surface area (Å²) in [5.41, 5.74) is 1.93. The lowest BCUT2D eigenvalue weighted by molar-refractivity contribution is 0.0903. The Labute approximate surface area is 204 Å². The fourth-order valence-corrected chi connectivity index (χ4v) is 7.47. The van der Waals surface area contributed by atoms with Crippen molar-refractivity contribution < 1.29 is 8.95 Å². The summed E-state index contributed by atoms with van der Waals surface area (Å²) in [7, 11) is -1.02. The van der Waals surface area contributed by atoms with Gasteiger partial charge in [0.05, 0.1) is 31.7 Å². The molecule has 0 bridgehead atoms. The first kappa shape index (κ1) is 21.7. The normalized spacial score (nSPS) is 22.1. The molecule has 0 spiro atoms. The van der Waals surface area contributed by atoms with Crippen molar-refractivity contribution in [1.82, 2.24) is 15.0 Å². The highest BCUT2D eigenvalue weighted by Gasteiger charge is 2.30. The van der Waals surface area contributed by atoms with E-state index in [-0.39, 0.29) is 0 Å². The van der Waals surface area contributed by atoms with Crippen molar-refractivity contribution in [2.45, 2.75) is 49.0 Å². The van der Waals surface area contributed by atoms with E-state index in [9.17, 15) is 4.21 Å². The number of benzene rings is 1. The molecule has 0 amide bonds. The summed E-state index contributed by atoms with van der Waals surface area (Å²) in [6.45, 7) is 3.29. The minimum atomic E-state index is -1.02. The topological polar surface area (TPSA) is 80.2 Å². The van der Waals surface area contributed by atoms with Gasteiger partial charge in [-0.2, -0.15) is 4.98 Å². The largest absolute Gasteiger partial charge is 0.381 e. The van der Waals surface area contributed by atoms with Crippen LogP contribution in [0.2, 0.25) is 5.02 Å². The van der Waals surface area contributed by atoms with Crippen molar-refractivity contribution in [3.05, 3.63) is 33.9 Å². The first-order valence-corrected chi connectivity index (χ1v) is 14.1. The minimum absolute atomic E-state index is 0.307. The van der Waals surface area contributed by atoms with Crippen LogP contribution in [-0.4, -0.2) is 57.3 Å². The van der Waals surface area contributed by atoms with Crippen LogP contribution in [0.15, 0.2) is 23.1 Å². The van der Waals surface area contributed by atoms with Crippen LogP contribution in [0.1, 0.15) is 42.3 Å². The Balaban J connectivity index is 1.20. The van der Waals surface area contributed by atoms with Gasteiger partial charge in [-0.15, -0.1) is 11.3 Å². The number of aromatic nitrogens is 3. The maximum absolute atomic E-state index is 12.6. The maximum atomic E-state index is 12.6. The highest BCUT2D eigenvalue weighted by atomic mass is 35.5. The molecule has 0 saturated carbocycles. The summed E-state index contributed by atoms with van der Waals surface area (Å²) in [6, 6.07) is 6.24. The van der Waals surface area contributed by atoms with Crippen LogP contribution in [0.4, 0.5) is 11.8 Å². The number of rotatable bonds is 4. The Morgan fingerprint density at radius 3 is 2.76 bits per heavy atom. The molecule has 5 heterocycles. The van der Waals surface area contributed by atoms with Gasteiger partial charge >= 0.3 is 0 Å². The Morgan fingerprint density at radius 1 is 1.12 bits per heavy atom. The fraction of sp³-hybridized carbons (Fsp3) is 0.522. The zero-order valence-electron chi connectivity index (χ0n) is 18.3. The van der Waals surface area contributed by atoms with Crippen molar-refractivity contribution in [3.63, 3.8) is 0 Å². The molecule has 0 unspecified atom stereocenters. The molecule has 6 rings (SSSR count). The number of nitrogens with zero attached hydrogens (tertiary/aromatic N) is 4. The predicted molar refractivity (Wildman–Crippen MR) is 133 cm³/mol. The molecule has 0 aliphatic carbocycles. The van der Waals surface area contributed by atoms with E-state index in [1.165, 1.54) is 9.71 Å². The summed E-state index contributed by atoms with van der Waals surface area (Å²) in [4.78, 5) is 17.7. The molecule has 2 aromatic heterocycles. The molecule has 1 N–H and O–H groups in total. The number of halogens is 1. The number of aryl methyl sites for hydroxylation is 1. The number of thiazole rings is 1. The Morgan fingerprint density at radius 2 is 1.94 bits per heavy atom. The molecule has 3 aromatic rings. The lowest BCUT2D eigenvalue weighted by atomic mass is 9.98. The molecule has 33 heavy (non-hydrogen) atoms. The van der Waals surface area contributed by atoms with Crippen LogP contribution >= 0.6 is 22.9 Å². The first-order valence-electron chi connectivity index (χ1n) is 11.6. The number of anilines is 2. The van der Waals surface area contributed by atoms with E-state index in [1.807, 2.05) is 12.1 Å². The third kappa shape index (κ3) is 4.36. The lowest BCUT2D eigenvalue weighted by Crippen LogP contribution is -2.35. The number of hydrogen-bond acceptors (Lipinski definition) is 8. The summed E-state index contributed by atoms with van der Waals surface area (Å²) in [6.07, 6.45) is 4.68. The molecule has 10 heteroatoms. The highest BCUT2D eigenvalue weighted by Crippen LogP contribution is 2.37. The second-order valence-corrected chi connectivity index (χ2v) is 11.9. The second-order valence-electron chi connectivity index (χ2n) is 8.90. The smallest absolute Gasteiger partial charge is 0.227 e. The molecule has 2 fully saturated rings. The Kier molecular flexibility index (Phi) is 5.98. The number of fused-ring (bicyclic) bond motifs is 2. The quantitative estimate of drug-likeness (QED) is 0.566. The van der Waals surface area contributed by atoms with E-state index in [0.717, 1.165) is 91.3 Å². The molecule has 3 aliphatic rings. The summed E-state index contributed by atoms with van der Waals surface area (Å²) in [5, 5.41) is 5.50. The predicted octanol–water partition coefficient (Wildman–Crippen LogP) is 4.38. The highest BCUT2D eigenvalue weighted by molar-refractivity contribution is 7.85. The number of piperidine rings is 1. The summed E-state index contributed by atoms with van der Waals surface area (Å²) < 4.78 is 19.3. The molecule has 7 nitrogen and oxygen atoms in total. The number of nitrogens with one attached hydrogen (secondary N) is 1. The lowest BCUT2D eigenvalue weighted by Gasteiger charge is -2.32. The summed E-state index contributed by atoms with van der Waals surface area (Å²) in [5.74, 6) is 2.61. The van der Waals surface area contributed by atoms with Crippen LogP contribution in [0.3, 0.4) is 0 Å². The first-order chi connectivity index (χ1) is 16.1. The van der Waals surface area contributed by atoms with Gasteiger partial charge in [-0.1, -0.05) is 11.6 Å². The van der Waals surface area contributed by atoms with Crippen molar-refractivity contribution in [2.75, 3.05) is 42.3 Å². The Hall–Kier alpha value is -1.81. The standard InChI is InChI=1S/C23H26ClN5O2S2/c24-15-1-2-19-18(13-15)26-22(32-19)14-3-8-29(9-4-14)23-27-17-7-12-33(30)20(17)21(28-23)25-16-5-10-31-11-6-16/h1-2,13-14,16H,3-12H2,(H,25,27,28)/t33-/m1/s1. The average molecular weight is 504 g/mol. The second kappa shape index (κ2) is 9.09.